The lowest BCUT2D eigenvalue weighted by Crippen LogP contribution is -2.11. The highest BCUT2D eigenvalue weighted by molar-refractivity contribution is 5.86. The number of rotatable bonds is 7. The molecule has 0 saturated heterocycles. The van der Waals surface area contributed by atoms with Crippen molar-refractivity contribution in [3.05, 3.63) is 72.3 Å². The van der Waals surface area contributed by atoms with E-state index in [1.807, 2.05) is 12.1 Å². The fourth-order valence-electron chi connectivity index (χ4n) is 3.16. The van der Waals surface area contributed by atoms with Crippen molar-refractivity contribution in [1.29, 1.82) is 0 Å². The quantitative estimate of drug-likeness (QED) is 0.560. The maximum atomic E-state index is 5.25. The molecule has 0 spiro atoms. The zero-order valence-corrected chi connectivity index (χ0v) is 14.5. The van der Waals surface area contributed by atoms with Crippen LogP contribution in [0.25, 0.3) is 10.8 Å². The predicted molar refractivity (Wildman–Crippen MR) is 103 cm³/mol. The topological polar surface area (TPSA) is 21.3 Å². The van der Waals surface area contributed by atoms with Crippen LogP contribution >= 0.6 is 0 Å². The minimum absolute atomic E-state index is 0.310. The standard InChI is InChI=1S/C22H25NO/c1-3-4-12-22(23-18-13-15-19(24-2)16-14-18)21-11-7-9-17-8-5-6-10-20(17)21/h5-11,13-16,22-23H,3-4,12H2,1-2H3. The second-order valence-electron chi connectivity index (χ2n) is 6.14. The number of hydrogen-bond acceptors (Lipinski definition) is 2. The molecule has 3 aromatic rings. The Kier molecular flexibility index (Phi) is 5.37. The summed E-state index contributed by atoms with van der Waals surface area (Å²) >= 11 is 0. The SMILES string of the molecule is CCCCC(Nc1ccc(OC)cc1)c1cccc2ccccc12. The molecule has 0 aliphatic rings. The third-order valence-electron chi connectivity index (χ3n) is 4.48. The van der Waals surface area contributed by atoms with E-state index >= 15 is 0 Å². The van der Waals surface area contributed by atoms with Crippen LogP contribution in [0.3, 0.4) is 0 Å². The van der Waals surface area contributed by atoms with Gasteiger partial charge in [0.25, 0.3) is 0 Å². The second-order valence-corrected chi connectivity index (χ2v) is 6.14. The zero-order valence-electron chi connectivity index (χ0n) is 14.5. The molecule has 3 rings (SSSR count). The molecule has 2 nitrogen and oxygen atoms in total. The van der Waals surface area contributed by atoms with Crippen molar-refractivity contribution in [2.45, 2.75) is 32.2 Å². The van der Waals surface area contributed by atoms with E-state index in [0.717, 1.165) is 17.9 Å². The van der Waals surface area contributed by atoms with Crippen LogP contribution in [0.5, 0.6) is 5.75 Å². The number of ether oxygens (including phenoxy) is 1. The van der Waals surface area contributed by atoms with Gasteiger partial charge in [-0.1, -0.05) is 62.2 Å². The van der Waals surface area contributed by atoms with E-state index in [2.05, 4.69) is 66.8 Å². The summed E-state index contributed by atoms with van der Waals surface area (Å²) < 4.78 is 5.25. The first-order valence-corrected chi connectivity index (χ1v) is 8.70. The first-order chi connectivity index (χ1) is 11.8. The lowest BCUT2D eigenvalue weighted by Gasteiger charge is -2.22. The molecule has 1 N–H and O–H groups in total. The summed E-state index contributed by atoms with van der Waals surface area (Å²) in [5.41, 5.74) is 2.50. The van der Waals surface area contributed by atoms with Gasteiger partial charge in [0.1, 0.15) is 5.75 Å². The molecular weight excluding hydrogens is 294 g/mol. The van der Waals surface area contributed by atoms with Gasteiger partial charge < -0.3 is 10.1 Å². The van der Waals surface area contributed by atoms with E-state index in [4.69, 9.17) is 4.74 Å². The molecule has 0 aromatic heterocycles. The van der Waals surface area contributed by atoms with Gasteiger partial charge in [0, 0.05) is 5.69 Å². The normalized spacial score (nSPS) is 12.1. The van der Waals surface area contributed by atoms with Gasteiger partial charge in [-0.2, -0.15) is 0 Å². The maximum Gasteiger partial charge on any atom is 0.119 e. The van der Waals surface area contributed by atoms with Crippen molar-refractivity contribution in [3.63, 3.8) is 0 Å². The Balaban J connectivity index is 1.92. The van der Waals surface area contributed by atoms with Crippen molar-refractivity contribution in [1.82, 2.24) is 0 Å². The van der Waals surface area contributed by atoms with E-state index < -0.39 is 0 Å². The van der Waals surface area contributed by atoms with Crippen LogP contribution in [0.2, 0.25) is 0 Å². The number of fused-ring (bicyclic) bond motifs is 1. The van der Waals surface area contributed by atoms with Gasteiger partial charge in [0.05, 0.1) is 13.2 Å². The van der Waals surface area contributed by atoms with E-state index in [1.165, 1.54) is 29.2 Å². The van der Waals surface area contributed by atoms with Crippen LogP contribution in [0.4, 0.5) is 5.69 Å². The molecule has 0 heterocycles. The van der Waals surface area contributed by atoms with Crippen molar-refractivity contribution >= 4 is 16.5 Å². The molecule has 0 aliphatic heterocycles. The molecule has 0 amide bonds. The second kappa shape index (κ2) is 7.87. The molecule has 0 radical (unpaired) electrons. The Labute approximate surface area is 144 Å². The van der Waals surface area contributed by atoms with Gasteiger partial charge in [-0.15, -0.1) is 0 Å². The zero-order chi connectivity index (χ0) is 16.8. The summed E-state index contributed by atoms with van der Waals surface area (Å²) in [6, 6.07) is 23.7. The van der Waals surface area contributed by atoms with Gasteiger partial charge in [0.15, 0.2) is 0 Å². The fraction of sp³-hybridized carbons (Fsp3) is 0.273. The van der Waals surface area contributed by atoms with Crippen LogP contribution in [-0.4, -0.2) is 7.11 Å². The Bertz CT molecular complexity index is 774. The molecule has 0 bridgehead atoms. The first kappa shape index (κ1) is 16.4. The van der Waals surface area contributed by atoms with Crippen molar-refractivity contribution in [2.75, 3.05) is 12.4 Å². The average molecular weight is 319 g/mol. The van der Waals surface area contributed by atoms with Crippen molar-refractivity contribution in [2.24, 2.45) is 0 Å². The summed E-state index contributed by atoms with van der Waals surface area (Å²) in [5, 5.41) is 6.35. The molecule has 0 saturated carbocycles. The van der Waals surface area contributed by atoms with E-state index in [1.54, 1.807) is 7.11 Å². The monoisotopic (exact) mass is 319 g/mol. The number of anilines is 1. The van der Waals surface area contributed by atoms with E-state index in [0.29, 0.717) is 6.04 Å². The molecule has 1 atom stereocenters. The smallest absolute Gasteiger partial charge is 0.119 e. The Hall–Kier alpha value is -2.48. The highest BCUT2D eigenvalue weighted by Crippen LogP contribution is 2.31. The molecule has 0 aliphatic carbocycles. The number of benzene rings is 3. The van der Waals surface area contributed by atoms with Gasteiger partial charge in [0.2, 0.25) is 0 Å². The summed E-state index contributed by atoms with van der Waals surface area (Å²) in [5.74, 6) is 0.885. The highest BCUT2D eigenvalue weighted by atomic mass is 16.5. The van der Waals surface area contributed by atoms with Gasteiger partial charge in [-0.3, -0.25) is 0 Å². The third-order valence-corrected chi connectivity index (χ3v) is 4.48. The van der Waals surface area contributed by atoms with Crippen LogP contribution in [0.1, 0.15) is 37.8 Å². The molecule has 3 aromatic carbocycles. The van der Waals surface area contributed by atoms with Crippen molar-refractivity contribution < 1.29 is 4.74 Å². The molecule has 24 heavy (non-hydrogen) atoms. The molecule has 1 unspecified atom stereocenters. The third kappa shape index (κ3) is 3.70. The van der Waals surface area contributed by atoms with Crippen LogP contribution in [-0.2, 0) is 0 Å². The fourth-order valence-corrected chi connectivity index (χ4v) is 3.16. The first-order valence-electron chi connectivity index (χ1n) is 8.70. The van der Waals surface area contributed by atoms with Gasteiger partial charge in [-0.05, 0) is 47.0 Å². The maximum absolute atomic E-state index is 5.25. The van der Waals surface area contributed by atoms with Crippen LogP contribution in [0.15, 0.2) is 66.7 Å². The Morgan fingerprint density at radius 2 is 1.67 bits per heavy atom. The average Bonchev–Trinajstić information content (AvgIpc) is 2.65. The summed E-state index contributed by atoms with van der Waals surface area (Å²) in [6.45, 7) is 2.24. The molecule has 124 valence electrons. The van der Waals surface area contributed by atoms with Crippen LogP contribution < -0.4 is 10.1 Å². The lowest BCUT2D eigenvalue weighted by molar-refractivity contribution is 0.415. The Morgan fingerprint density at radius 3 is 2.42 bits per heavy atom. The Morgan fingerprint density at radius 1 is 0.917 bits per heavy atom. The lowest BCUT2D eigenvalue weighted by atomic mass is 9.95. The largest absolute Gasteiger partial charge is 0.497 e. The summed E-state index contributed by atoms with van der Waals surface area (Å²) in [7, 11) is 1.70. The summed E-state index contributed by atoms with van der Waals surface area (Å²) in [4.78, 5) is 0. The minimum Gasteiger partial charge on any atom is -0.497 e. The number of unbranched alkanes of at least 4 members (excludes halogenated alkanes) is 1. The molecular formula is C22H25NO. The number of hydrogen-bond donors (Lipinski definition) is 1. The number of nitrogens with one attached hydrogen (secondary N) is 1. The summed E-state index contributed by atoms with van der Waals surface area (Å²) in [6.07, 6.45) is 3.53. The number of methoxy groups -OCH3 is 1. The molecule has 0 fully saturated rings. The minimum atomic E-state index is 0.310. The highest BCUT2D eigenvalue weighted by Gasteiger charge is 2.14. The van der Waals surface area contributed by atoms with Crippen LogP contribution in [0, 0.1) is 0 Å². The van der Waals surface area contributed by atoms with E-state index in [9.17, 15) is 0 Å². The van der Waals surface area contributed by atoms with Crippen molar-refractivity contribution in [3.8, 4) is 5.75 Å². The predicted octanol–water partition coefficient (Wildman–Crippen LogP) is 6.19. The van der Waals surface area contributed by atoms with E-state index in [-0.39, 0.29) is 0 Å². The van der Waals surface area contributed by atoms with Gasteiger partial charge in [-0.25, -0.2) is 0 Å². The van der Waals surface area contributed by atoms with Gasteiger partial charge >= 0.3 is 0 Å². The molecule has 2 heteroatoms.